The van der Waals surface area contributed by atoms with Crippen molar-refractivity contribution in [1.82, 2.24) is 14.9 Å². The van der Waals surface area contributed by atoms with Gasteiger partial charge in [-0.25, -0.2) is 4.98 Å². The summed E-state index contributed by atoms with van der Waals surface area (Å²) in [5.74, 6) is -0.686. The molecule has 2 amide bonds. The number of aryl methyl sites for hydroxylation is 1. The maximum atomic E-state index is 12.7. The van der Waals surface area contributed by atoms with Gasteiger partial charge in [0.25, 0.3) is 11.5 Å². The van der Waals surface area contributed by atoms with Crippen LogP contribution in [0.25, 0.3) is 16.6 Å². The largest absolute Gasteiger partial charge is 0.343 e. The van der Waals surface area contributed by atoms with Crippen molar-refractivity contribution in [2.24, 2.45) is 0 Å². The Labute approximate surface area is 184 Å². The zero-order chi connectivity index (χ0) is 22.7. The molecule has 1 heterocycles. The summed E-state index contributed by atoms with van der Waals surface area (Å²) < 4.78 is 1.43. The number of hydrogen-bond acceptors (Lipinski definition) is 4. The minimum Gasteiger partial charge on any atom is -0.343 e. The second-order valence-electron chi connectivity index (χ2n) is 7.46. The lowest BCUT2D eigenvalue weighted by Gasteiger charge is -2.11. The molecular formula is C25H22N4O3. The Balaban J connectivity index is 1.42. The van der Waals surface area contributed by atoms with Gasteiger partial charge in [-0.1, -0.05) is 24.3 Å². The number of aromatic nitrogens is 2. The summed E-state index contributed by atoms with van der Waals surface area (Å²) in [6, 6.07) is 19.3. The summed E-state index contributed by atoms with van der Waals surface area (Å²) in [4.78, 5) is 41.7. The van der Waals surface area contributed by atoms with Gasteiger partial charge in [0, 0.05) is 11.3 Å². The molecule has 7 heteroatoms. The van der Waals surface area contributed by atoms with E-state index in [-0.39, 0.29) is 23.9 Å². The highest BCUT2D eigenvalue weighted by atomic mass is 16.2. The molecule has 160 valence electrons. The topological polar surface area (TPSA) is 93.1 Å². The summed E-state index contributed by atoms with van der Waals surface area (Å²) in [5.41, 5.74) is 4.21. The Kier molecular flexibility index (Phi) is 5.81. The zero-order valence-electron chi connectivity index (χ0n) is 17.8. The van der Waals surface area contributed by atoms with Crippen LogP contribution in [0.2, 0.25) is 0 Å². The van der Waals surface area contributed by atoms with Crippen LogP contribution < -0.4 is 16.2 Å². The number of carbonyl (C=O) groups is 2. The fourth-order valence-corrected chi connectivity index (χ4v) is 3.37. The van der Waals surface area contributed by atoms with Gasteiger partial charge in [0.05, 0.1) is 23.1 Å². The molecule has 0 radical (unpaired) electrons. The Morgan fingerprint density at radius 2 is 1.69 bits per heavy atom. The van der Waals surface area contributed by atoms with Gasteiger partial charge in [0.2, 0.25) is 5.91 Å². The number of fused-ring (bicyclic) bond motifs is 1. The van der Waals surface area contributed by atoms with Crippen molar-refractivity contribution in [1.29, 1.82) is 0 Å². The SMILES string of the molecule is Cc1cccc(NC(=O)CNC(=O)c2ccc(-n3cnc4ccccc4c3=O)cc2)c1C. The number of amides is 2. The Bertz CT molecular complexity index is 1370. The average molecular weight is 426 g/mol. The average Bonchev–Trinajstić information content (AvgIpc) is 2.81. The van der Waals surface area contributed by atoms with E-state index in [0.717, 1.165) is 16.8 Å². The van der Waals surface area contributed by atoms with E-state index in [2.05, 4.69) is 15.6 Å². The molecule has 0 saturated heterocycles. The molecule has 4 aromatic rings. The van der Waals surface area contributed by atoms with E-state index in [1.165, 1.54) is 10.9 Å². The Hall–Kier alpha value is -4.26. The minimum absolute atomic E-state index is 0.151. The quantitative estimate of drug-likeness (QED) is 0.512. The lowest BCUT2D eigenvalue weighted by molar-refractivity contribution is -0.115. The lowest BCUT2D eigenvalue weighted by Crippen LogP contribution is -2.33. The molecule has 0 aliphatic rings. The molecule has 32 heavy (non-hydrogen) atoms. The van der Waals surface area contributed by atoms with Crippen LogP contribution in [0.4, 0.5) is 5.69 Å². The van der Waals surface area contributed by atoms with Crippen LogP contribution in [0.3, 0.4) is 0 Å². The molecule has 3 aromatic carbocycles. The van der Waals surface area contributed by atoms with E-state index in [9.17, 15) is 14.4 Å². The molecule has 0 saturated carbocycles. The van der Waals surface area contributed by atoms with Gasteiger partial charge in [-0.05, 0) is 67.4 Å². The van der Waals surface area contributed by atoms with Gasteiger partial charge in [-0.3, -0.25) is 19.0 Å². The summed E-state index contributed by atoms with van der Waals surface area (Å²) in [7, 11) is 0. The standard InChI is InChI=1S/C25H22N4O3/c1-16-6-5-9-21(17(16)2)28-23(30)14-26-24(31)18-10-12-19(13-11-18)29-15-27-22-8-4-3-7-20(22)25(29)32/h3-13,15H,14H2,1-2H3,(H,26,31)(H,28,30). The third-order valence-corrected chi connectivity index (χ3v) is 5.36. The van der Waals surface area contributed by atoms with Crippen molar-refractivity contribution in [2.75, 3.05) is 11.9 Å². The number of nitrogens with one attached hydrogen (secondary N) is 2. The molecule has 0 spiro atoms. The Morgan fingerprint density at radius 3 is 2.47 bits per heavy atom. The van der Waals surface area contributed by atoms with Crippen molar-refractivity contribution < 1.29 is 9.59 Å². The van der Waals surface area contributed by atoms with Crippen molar-refractivity contribution in [3.05, 3.63) is 100 Å². The van der Waals surface area contributed by atoms with Crippen LogP contribution in [0, 0.1) is 13.8 Å². The molecule has 1 aromatic heterocycles. The number of carbonyl (C=O) groups excluding carboxylic acids is 2. The fourth-order valence-electron chi connectivity index (χ4n) is 3.37. The van der Waals surface area contributed by atoms with Crippen molar-refractivity contribution >= 4 is 28.4 Å². The third-order valence-electron chi connectivity index (χ3n) is 5.36. The second kappa shape index (κ2) is 8.85. The highest BCUT2D eigenvalue weighted by Gasteiger charge is 2.11. The molecule has 7 nitrogen and oxygen atoms in total. The first-order chi connectivity index (χ1) is 15.4. The summed E-state index contributed by atoms with van der Waals surface area (Å²) in [6.07, 6.45) is 1.47. The van der Waals surface area contributed by atoms with E-state index in [1.54, 1.807) is 42.5 Å². The lowest BCUT2D eigenvalue weighted by atomic mass is 10.1. The molecule has 0 unspecified atom stereocenters. The summed E-state index contributed by atoms with van der Waals surface area (Å²) >= 11 is 0. The van der Waals surface area contributed by atoms with Crippen LogP contribution in [0.15, 0.2) is 77.9 Å². The predicted octanol–water partition coefficient (Wildman–Crippen LogP) is 3.37. The number of nitrogens with zero attached hydrogens (tertiary/aromatic N) is 2. The molecule has 0 aliphatic heterocycles. The molecule has 0 atom stereocenters. The monoisotopic (exact) mass is 426 g/mol. The fraction of sp³-hybridized carbons (Fsp3) is 0.120. The summed E-state index contributed by atoms with van der Waals surface area (Å²) in [5, 5.41) is 5.95. The Morgan fingerprint density at radius 1 is 0.938 bits per heavy atom. The van der Waals surface area contributed by atoms with Crippen molar-refractivity contribution in [3.63, 3.8) is 0 Å². The van der Waals surface area contributed by atoms with Crippen molar-refractivity contribution in [3.8, 4) is 5.69 Å². The number of para-hydroxylation sites is 1. The highest BCUT2D eigenvalue weighted by Crippen LogP contribution is 2.17. The van der Waals surface area contributed by atoms with Gasteiger partial charge in [-0.2, -0.15) is 0 Å². The van der Waals surface area contributed by atoms with E-state index < -0.39 is 0 Å². The van der Waals surface area contributed by atoms with Crippen LogP contribution in [-0.4, -0.2) is 27.9 Å². The van der Waals surface area contributed by atoms with E-state index in [1.807, 2.05) is 38.1 Å². The molecule has 4 rings (SSSR count). The first kappa shape index (κ1) is 21.0. The van der Waals surface area contributed by atoms with Gasteiger partial charge < -0.3 is 10.6 Å². The smallest absolute Gasteiger partial charge is 0.265 e. The van der Waals surface area contributed by atoms with Crippen LogP contribution >= 0.6 is 0 Å². The van der Waals surface area contributed by atoms with Crippen LogP contribution in [-0.2, 0) is 4.79 Å². The highest BCUT2D eigenvalue weighted by molar-refractivity contribution is 5.99. The summed E-state index contributed by atoms with van der Waals surface area (Å²) in [6.45, 7) is 3.75. The van der Waals surface area contributed by atoms with E-state index >= 15 is 0 Å². The third kappa shape index (κ3) is 4.27. The molecule has 0 bridgehead atoms. The van der Waals surface area contributed by atoms with Gasteiger partial charge in [-0.15, -0.1) is 0 Å². The molecule has 0 aliphatic carbocycles. The van der Waals surface area contributed by atoms with Crippen LogP contribution in [0.1, 0.15) is 21.5 Å². The van der Waals surface area contributed by atoms with Gasteiger partial charge in [0.1, 0.15) is 6.33 Å². The van der Waals surface area contributed by atoms with Gasteiger partial charge >= 0.3 is 0 Å². The maximum Gasteiger partial charge on any atom is 0.265 e. The first-order valence-corrected chi connectivity index (χ1v) is 10.1. The van der Waals surface area contributed by atoms with Crippen LogP contribution in [0.5, 0.6) is 0 Å². The maximum absolute atomic E-state index is 12.7. The first-order valence-electron chi connectivity index (χ1n) is 10.1. The molecule has 2 N–H and O–H groups in total. The molecule has 0 fully saturated rings. The second-order valence-corrected chi connectivity index (χ2v) is 7.46. The minimum atomic E-state index is -0.378. The number of rotatable bonds is 5. The van der Waals surface area contributed by atoms with Crippen molar-refractivity contribution in [2.45, 2.75) is 13.8 Å². The number of benzene rings is 3. The zero-order valence-corrected chi connectivity index (χ0v) is 17.8. The van der Waals surface area contributed by atoms with E-state index in [4.69, 9.17) is 0 Å². The normalized spacial score (nSPS) is 10.7. The van der Waals surface area contributed by atoms with Gasteiger partial charge in [0.15, 0.2) is 0 Å². The number of hydrogen-bond donors (Lipinski definition) is 2. The molecular weight excluding hydrogens is 404 g/mol. The number of anilines is 1. The predicted molar refractivity (Wildman–Crippen MR) is 124 cm³/mol. The van der Waals surface area contributed by atoms with E-state index in [0.29, 0.717) is 22.2 Å².